The molecule has 0 aromatic heterocycles. The lowest BCUT2D eigenvalue weighted by Crippen LogP contribution is -2.20. The van der Waals surface area contributed by atoms with Crippen LogP contribution < -0.4 is 0 Å². The van der Waals surface area contributed by atoms with Crippen LogP contribution >= 0.6 is 0 Å². The lowest BCUT2D eigenvalue weighted by molar-refractivity contribution is 0.0757. The molecule has 0 amide bonds. The Morgan fingerprint density at radius 1 is 1.04 bits per heavy atom. The second-order valence-electron chi connectivity index (χ2n) is 6.49. The first-order chi connectivity index (χ1) is 12.5. The van der Waals surface area contributed by atoms with Crippen molar-refractivity contribution in [3.05, 3.63) is 84.7 Å². The van der Waals surface area contributed by atoms with Gasteiger partial charge in [0.25, 0.3) is 0 Å². The summed E-state index contributed by atoms with van der Waals surface area (Å²) < 4.78 is 5.47. The largest absolute Gasteiger partial charge is 0.490 e. The van der Waals surface area contributed by atoms with Crippen LogP contribution in [-0.2, 0) is 4.74 Å². The molecule has 0 aliphatic heterocycles. The third-order valence-corrected chi connectivity index (χ3v) is 4.73. The molecule has 0 bridgehead atoms. The molecule has 1 saturated carbocycles. The van der Waals surface area contributed by atoms with E-state index in [1.54, 1.807) is 12.1 Å². The van der Waals surface area contributed by atoms with Gasteiger partial charge in [-0.1, -0.05) is 67.8 Å². The zero-order chi connectivity index (χ0) is 18.7. The van der Waals surface area contributed by atoms with Crippen molar-refractivity contribution in [2.24, 2.45) is 5.92 Å². The van der Waals surface area contributed by atoms with E-state index in [2.05, 4.69) is 13.2 Å². The van der Waals surface area contributed by atoms with Crippen LogP contribution in [0.15, 0.2) is 79.1 Å². The summed E-state index contributed by atoms with van der Waals surface area (Å²) in [5, 5.41) is 19.7. The van der Waals surface area contributed by atoms with Gasteiger partial charge in [-0.15, -0.1) is 0 Å². The molecule has 0 radical (unpaired) electrons. The molecule has 3 unspecified atom stereocenters. The molecule has 1 fully saturated rings. The predicted octanol–water partition coefficient (Wildman–Crippen LogP) is 3.36. The van der Waals surface area contributed by atoms with E-state index in [9.17, 15) is 15.0 Å². The molecule has 1 aliphatic rings. The van der Waals surface area contributed by atoms with E-state index in [-0.39, 0.29) is 24.6 Å². The maximum atomic E-state index is 12.3. The summed E-state index contributed by atoms with van der Waals surface area (Å²) in [4.78, 5) is 12.3. The van der Waals surface area contributed by atoms with Gasteiger partial charge in [-0.2, -0.15) is 0 Å². The minimum Gasteiger partial charge on any atom is -0.490 e. The second-order valence-corrected chi connectivity index (χ2v) is 6.49. The predicted molar refractivity (Wildman–Crippen MR) is 101 cm³/mol. The zero-order valence-electron chi connectivity index (χ0n) is 14.5. The Labute approximate surface area is 153 Å². The van der Waals surface area contributed by atoms with Crippen molar-refractivity contribution in [2.75, 3.05) is 6.61 Å². The summed E-state index contributed by atoms with van der Waals surface area (Å²) in [5.41, 5.74) is 3.14. The number of ether oxygens (including phenoxy) is 1. The van der Waals surface area contributed by atoms with Crippen LogP contribution in [0, 0.1) is 5.92 Å². The van der Waals surface area contributed by atoms with E-state index in [0.29, 0.717) is 11.1 Å². The third-order valence-electron chi connectivity index (χ3n) is 4.73. The van der Waals surface area contributed by atoms with Gasteiger partial charge in [0.2, 0.25) is 0 Å². The number of benzene rings is 2. The zero-order valence-corrected chi connectivity index (χ0v) is 14.5. The SMILES string of the molecule is C=C(OCC(=O)c1ccc(-c2ccccc2)cc1)C1C(=C)C(O)CC1O. The van der Waals surface area contributed by atoms with Gasteiger partial charge in [-0.3, -0.25) is 4.79 Å². The Morgan fingerprint density at radius 3 is 2.23 bits per heavy atom. The Kier molecular flexibility index (Phi) is 5.35. The van der Waals surface area contributed by atoms with Gasteiger partial charge in [-0.25, -0.2) is 0 Å². The molecular formula is C22H22O4. The van der Waals surface area contributed by atoms with E-state index < -0.39 is 18.1 Å². The van der Waals surface area contributed by atoms with E-state index in [4.69, 9.17) is 4.74 Å². The fourth-order valence-corrected chi connectivity index (χ4v) is 3.20. The average Bonchev–Trinajstić information content (AvgIpc) is 2.92. The Morgan fingerprint density at radius 2 is 1.65 bits per heavy atom. The Hall–Kier alpha value is -2.69. The number of hydrogen-bond acceptors (Lipinski definition) is 4. The monoisotopic (exact) mass is 350 g/mol. The van der Waals surface area contributed by atoms with Gasteiger partial charge in [0.15, 0.2) is 12.4 Å². The average molecular weight is 350 g/mol. The number of aliphatic hydroxyl groups excluding tert-OH is 2. The minimum absolute atomic E-state index is 0.171. The standard InChI is InChI=1S/C22H22O4/c1-14-19(23)12-20(24)22(14)15(2)26-13-21(25)18-10-8-17(9-11-18)16-6-4-3-5-7-16/h3-11,19-20,22-24H,1-2,12-13H2. The molecule has 3 atom stereocenters. The molecule has 1 aliphatic carbocycles. The number of carbonyl (C=O) groups excluding carboxylic acids is 1. The topological polar surface area (TPSA) is 66.8 Å². The van der Waals surface area contributed by atoms with Crippen molar-refractivity contribution in [1.29, 1.82) is 0 Å². The van der Waals surface area contributed by atoms with Gasteiger partial charge < -0.3 is 14.9 Å². The third kappa shape index (κ3) is 3.77. The van der Waals surface area contributed by atoms with Crippen molar-refractivity contribution < 1.29 is 19.7 Å². The summed E-state index contributed by atoms with van der Waals surface area (Å²) >= 11 is 0. The van der Waals surface area contributed by atoms with Crippen LogP contribution in [0.4, 0.5) is 0 Å². The summed E-state index contributed by atoms with van der Waals surface area (Å²) in [7, 11) is 0. The smallest absolute Gasteiger partial charge is 0.200 e. The second kappa shape index (κ2) is 7.68. The lowest BCUT2D eigenvalue weighted by atomic mass is 10.00. The quantitative estimate of drug-likeness (QED) is 0.476. The van der Waals surface area contributed by atoms with Crippen LogP contribution in [0.3, 0.4) is 0 Å². The van der Waals surface area contributed by atoms with Gasteiger partial charge >= 0.3 is 0 Å². The first-order valence-electron chi connectivity index (χ1n) is 8.52. The molecule has 0 saturated heterocycles. The number of rotatable bonds is 6. The number of hydrogen-bond donors (Lipinski definition) is 2. The summed E-state index contributed by atoms with van der Waals surface area (Å²) in [6.45, 7) is 7.39. The highest BCUT2D eigenvalue weighted by molar-refractivity contribution is 5.97. The summed E-state index contributed by atoms with van der Waals surface area (Å²) in [6.07, 6.45) is -1.34. The minimum atomic E-state index is -0.787. The lowest BCUT2D eigenvalue weighted by Gasteiger charge is -2.19. The maximum absolute atomic E-state index is 12.3. The molecule has 2 aromatic carbocycles. The van der Waals surface area contributed by atoms with Crippen molar-refractivity contribution in [1.82, 2.24) is 0 Å². The van der Waals surface area contributed by atoms with Crippen molar-refractivity contribution in [2.45, 2.75) is 18.6 Å². The molecule has 134 valence electrons. The van der Waals surface area contributed by atoms with Crippen LogP contribution in [0.2, 0.25) is 0 Å². The van der Waals surface area contributed by atoms with Crippen LogP contribution in [-0.4, -0.2) is 34.8 Å². The number of carbonyl (C=O) groups is 1. The molecule has 4 nitrogen and oxygen atoms in total. The van der Waals surface area contributed by atoms with Gasteiger partial charge in [-0.05, 0) is 16.7 Å². The Bertz CT molecular complexity index is 808. The summed E-state index contributed by atoms with van der Waals surface area (Å²) in [5.74, 6) is -0.462. The van der Waals surface area contributed by atoms with E-state index in [1.807, 2.05) is 42.5 Å². The molecule has 4 heteroatoms. The molecule has 0 spiro atoms. The molecular weight excluding hydrogens is 328 g/mol. The fourth-order valence-electron chi connectivity index (χ4n) is 3.20. The van der Waals surface area contributed by atoms with E-state index in [1.165, 1.54) is 0 Å². The van der Waals surface area contributed by atoms with Crippen molar-refractivity contribution >= 4 is 5.78 Å². The van der Waals surface area contributed by atoms with Crippen LogP contribution in [0.5, 0.6) is 0 Å². The molecule has 2 aromatic rings. The van der Waals surface area contributed by atoms with Crippen molar-refractivity contribution in [3.63, 3.8) is 0 Å². The highest BCUT2D eigenvalue weighted by Crippen LogP contribution is 2.35. The molecule has 2 N–H and O–H groups in total. The molecule has 0 heterocycles. The fraction of sp³-hybridized carbons (Fsp3) is 0.227. The maximum Gasteiger partial charge on any atom is 0.200 e. The first kappa shape index (κ1) is 18.1. The Balaban J connectivity index is 1.60. The van der Waals surface area contributed by atoms with Gasteiger partial charge in [0.1, 0.15) is 0 Å². The molecule has 26 heavy (non-hydrogen) atoms. The van der Waals surface area contributed by atoms with Crippen LogP contribution in [0.25, 0.3) is 11.1 Å². The highest BCUT2D eigenvalue weighted by Gasteiger charge is 2.38. The summed E-state index contributed by atoms with van der Waals surface area (Å²) in [6, 6.07) is 17.3. The first-order valence-corrected chi connectivity index (χ1v) is 8.52. The van der Waals surface area contributed by atoms with E-state index >= 15 is 0 Å². The van der Waals surface area contributed by atoms with Gasteiger partial charge in [0.05, 0.1) is 23.9 Å². The van der Waals surface area contributed by atoms with E-state index in [0.717, 1.165) is 11.1 Å². The van der Waals surface area contributed by atoms with Crippen LogP contribution in [0.1, 0.15) is 16.8 Å². The molecule has 3 rings (SSSR count). The van der Waals surface area contributed by atoms with Gasteiger partial charge in [0, 0.05) is 12.0 Å². The number of aliphatic hydroxyl groups is 2. The normalized spacial score (nSPS) is 22.2. The highest BCUT2D eigenvalue weighted by atomic mass is 16.5. The number of ketones is 1. The number of Topliss-reactive ketones (excluding diaryl/α,β-unsaturated/α-hetero) is 1. The van der Waals surface area contributed by atoms with Crippen molar-refractivity contribution in [3.8, 4) is 11.1 Å².